The molecule has 0 aliphatic rings. The van der Waals surface area contributed by atoms with Crippen LogP contribution in [-0.4, -0.2) is 27.4 Å². The van der Waals surface area contributed by atoms with Crippen LogP contribution in [0.2, 0.25) is 0 Å². The zero-order valence-electron chi connectivity index (χ0n) is 12.6. The second-order valence-corrected chi connectivity index (χ2v) is 6.12. The van der Waals surface area contributed by atoms with Gasteiger partial charge in [0.2, 0.25) is 5.56 Å². The molecule has 0 bridgehead atoms. The van der Waals surface area contributed by atoms with Crippen LogP contribution < -0.4 is 15.6 Å². The van der Waals surface area contributed by atoms with Gasteiger partial charge in [0.1, 0.15) is 11.4 Å². The smallest absolute Gasteiger partial charge is 0.275 e. The number of fused-ring (bicyclic) bond motifs is 3. The van der Waals surface area contributed by atoms with Crippen LogP contribution in [0.15, 0.2) is 47.5 Å². The summed E-state index contributed by atoms with van der Waals surface area (Å²) in [5, 5.41) is 2.70. The number of amides is 1. The SMILES string of the molecule is COc1ccc2c(c1)sc1nc(C(=O)Nc3ccc(=O)[nH]c3)cn12. The Hall–Kier alpha value is -3.13. The molecule has 0 spiro atoms. The third kappa shape index (κ3) is 2.42. The number of methoxy groups -OCH3 is 1. The number of ether oxygens (including phenoxy) is 1. The summed E-state index contributed by atoms with van der Waals surface area (Å²) in [6.45, 7) is 0. The van der Waals surface area contributed by atoms with Gasteiger partial charge in [-0.2, -0.15) is 0 Å². The van der Waals surface area contributed by atoms with Gasteiger partial charge < -0.3 is 15.0 Å². The van der Waals surface area contributed by atoms with E-state index in [1.54, 1.807) is 13.3 Å². The van der Waals surface area contributed by atoms with Crippen molar-refractivity contribution in [3.63, 3.8) is 0 Å². The van der Waals surface area contributed by atoms with E-state index in [-0.39, 0.29) is 11.5 Å². The molecule has 8 heteroatoms. The predicted molar refractivity (Wildman–Crippen MR) is 92.1 cm³/mol. The molecule has 4 rings (SSSR count). The minimum absolute atomic E-state index is 0.225. The van der Waals surface area contributed by atoms with E-state index in [9.17, 15) is 9.59 Å². The van der Waals surface area contributed by atoms with Crippen LogP contribution in [0.4, 0.5) is 5.69 Å². The Labute approximate surface area is 139 Å². The van der Waals surface area contributed by atoms with Gasteiger partial charge >= 0.3 is 0 Å². The molecular weight excluding hydrogens is 328 g/mol. The number of nitrogens with one attached hydrogen (secondary N) is 2. The molecule has 4 aromatic rings. The molecule has 2 N–H and O–H groups in total. The Morgan fingerprint density at radius 1 is 1.33 bits per heavy atom. The molecule has 0 saturated carbocycles. The number of thiazole rings is 1. The highest BCUT2D eigenvalue weighted by Crippen LogP contribution is 2.29. The number of carbonyl (C=O) groups excluding carboxylic acids is 1. The first-order valence-electron chi connectivity index (χ1n) is 7.10. The van der Waals surface area contributed by atoms with Crippen LogP contribution in [0.1, 0.15) is 10.5 Å². The van der Waals surface area contributed by atoms with Crippen molar-refractivity contribution in [2.75, 3.05) is 12.4 Å². The Morgan fingerprint density at radius 3 is 2.96 bits per heavy atom. The summed E-state index contributed by atoms with van der Waals surface area (Å²) < 4.78 is 8.13. The van der Waals surface area contributed by atoms with Gasteiger partial charge in [-0.1, -0.05) is 11.3 Å². The highest BCUT2D eigenvalue weighted by atomic mass is 32.1. The van der Waals surface area contributed by atoms with Crippen LogP contribution in [0.25, 0.3) is 15.2 Å². The number of hydrogen-bond acceptors (Lipinski definition) is 5. The van der Waals surface area contributed by atoms with Crippen molar-refractivity contribution in [2.24, 2.45) is 0 Å². The lowest BCUT2D eigenvalue weighted by molar-refractivity contribution is 0.102. The molecule has 0 aliphatic heterocycles. The first-order valence-corrected chi connectivity index (χ1v) is 7.91. The predicted octanol–water partition coefficient (Wildman–Crippen LogP) is 2.50. The van der Waals surface area contributed by atoms with Crippen LogP contribution in [0.3, 0.4) is 0 Å². The lowest BCUT2D eigenvalue weighted by Crippen LogP contribution is -2.13. The quantitative estimate of drug-likeness (QED) is 0.600. The number of aromatic nitrogens is 3. The number of nitrogens with zero attached hydrogens (tertiary/aromatic N) is 2. The van der Waals surface area contributed by atoms with Gasteiger partial charge in [-0.15, -0.1) is 0 Å². The molecule has 3 heterocycles. The number of anilines is 1. The van der Waals surface area contributed by atoms with E-state index in [4.69, 9.17) is 4.74 Å². The molecule has 3 aromatic heterocycles. The van der Waals surface area contributed by atoms with Gasteiger partial charge in [-0.3, -0.25) is 14.0 Å². The van der Waals surface area contributed by atoms with Crippen LogP contribution in [0.5, 0.6) is 5.75 Å². The first kappa shape index (κ1) is 14.5. The number of rotatable bonds is 3. The summed E-state index contributed by atoms with van der Waals surface area (Å²) in [5.74, 6) is 0.447. The zero-order chi connectivity index (χ0) is 16.7. The van der Waals surface area contributed by atoms with E-state index in [0.29, 0.717) is 11.4 Å². The second-order valence-electron chi connectivity index (χ2n) is 5.11. The largest absolute Gasteiger partial charge is 0.497 e. The van der Waals surface area contributed by atoms with Crippen LogP contribution in [0, 0.1) is 0 Å². The summed E-state index contributed by atoms with van der Waals surface area (Å²) in [6.07, 6.45) is 3.14. The van der Waals surface area contributed by atoms with Crippen molar-refractivity contribution in [3.8, 4) is 5.75 Å². The molecule has 0 radical (unpaired) electrons. The number of benzene rings is 1. The van der Waals surface area contributed by atoms with Crippen molar-refractivity contribution < 1.29 is 9.53 Å². The Balaban J connectivity index is 1.68. The lowest BCUT2D eigenvalue weighted by Gasteiger charge is -2.01. The number of H-pyrrole nitrogens is 1. The minimum atomic E-state index is -0.334. The normalized spacial score (nSPS) is 11.0. The van der Waals surface area contributed by atoms with Gasteiger partial charge in [0.05, 0.1) is 23.0 Å². The fraction of sp³-hybridized carbons (Fsp3) is 0.0625. The van der Waals surface area contributed by atoms with E-state index in [1.165, 1.54) is 29.7 Å². The van der Waals surface area contributed by atoms with Crippen LogP contribution >= 0.6 is 11.3 Å². The Morgan fingerprint density at radius 2 is 2.21 bits per heavy atom. The molecular formula is C16H12N4O3S. The van der Waals surface area contributed by atoms with Crippen molar-refractivity contribution in [3.05, 3.63) is 58.8 Å². The van der Waals surface area contributed by atoms with Crippen molar-refractivity contribution in [1.82, 2.24) is 14.4 Å². The van der Waals surface area contributed by atoms with Gasteiger partial charge in [0.15, 0.2) is 4.96 Å². The molecule has 0 unspecified atom stereocenters. The summed E-state index contributed by atoms with van der Waals surface area (Å²) >= 11 is 1.48. The topological polar surface area (TPSA) is 88.5 Å². The number of pyridine rings is 1. The van der Waals surface area contributed by atoms with Crippen molar-refractivity contribution >= 4 is 38.1 Å². The fourth-order valence-electron chi connectivity index (χ4n) is 2.40. The van der Waals surface area contributed by atoms with Gasteiger partial charge in [-0.25, -0.2) is 4.98 Å². The van der Waals surface area contributed by atoms with E-state index >= 15 is 0 Å². The third-order valence-electron chi connectivity index (χ3n) is 3.58. The number of imidazole rings is 1. The summed E-state index contributed by atoms with van der Waals surface area (Å²) in [6, 6.07) is 8.63. The highest BCUT2D eigenvalue weighted by molar-refractivity contribution is 7.23. The zero-order valence-corrected chi connectivity index (χ0v) is 13.4. The standard InChI is InChI=1S/C16H12N4O3S/c1-23-10-3-4-12-13(6-10)24-16-19-11(8-20(12)16)15(22)18-9-2-5-14(21)17-7-9/h2-8H,1H3,(H,17,21)(H,18,22). The number of carbonyl (C=O) groups is 1. The Bertz CT molecular complexity index is 1100. The fourth-order valence-corrected chi connectivity index (χ4v) is 3.44. The van der Waals surface area contributed by atoms with Gasteiger partial charge in [-0.05, 0) is 24.3 Å². The number of hydrogen-bond donors (Lipinski definition) is 2. The molecule has 24 heavy (non-hydrogen) atoms. The minimum Gasteiger partial charge on any atom is -0.497 e. The Kier molecular flexibility index (Phi) is 3.31. The summed E-state index contributed by atoms with van der Waals surface area (Å²) in [4.78, 5) is 31.0. The molecule has 0 fully saturated rings. The molecule has 0 saturated heterocycles. The maximum absolute atomic E-state index is 12.3. The average Bonchev–Trinajstić information content (AvgIpc) is 3.14. The number of aromatic amines is 1. The maximum atomic E-state index is 12.3. The molecule has 7 nitrogen and oxygen atoms in total. The maximum Gasteiger partial charge on any atom is 0.275 e. The first-order chi connectivity index (χ1) is 11.6. The van der Waals surface area contributed by atoms with E-state index in [0.717, 1.165) is 20.9 Å². The third-order valence-corrected chi connectivity index (χ3v) is 4.59. The molecule has 120 valence electrons. The highest BCUT2D eigenvalue weighted by Gasteiger charge is 2.15. The second kappa shape index (κ2) is 5.50. The van der Waals surface area contributed by atoms with Gasteiger partial charge in [0, 0.05) is 18.5 Å². The molecule has 0 aliphatic carbocycles. The monoisotopic (exact) mass is 340 g/mol. The average molecular weight is 340 g/mol. The van der Waals surface area contributed by atoms with Crippen molar-refractivity contribution in [1.29, 1.82) is 0 Å². The molecule has 1 amide bonds. The molecule has 1 aromatic carbocycles. The van der Waals surface area contributed by atoms with E-state index in [2.05, 4.69) is 15.3 Å². The summed E-state index contributed by atoms with van der Waals surface area (Å²) in [5.41, 5.74) is 1.56. The van der Waals surface area contributed by atoms with Crippen molar-refractivity contribution in [2.45, 2.75) is 0 Å². The van der Waals surface area contributed by atoms with Gasteiger partial charge in [0.25, 0.3) is 5.91 Å². The van der Waals surface area contributed by atoms with Crippen LogP contribution in [-0.2, 0) is 0 Å². The summed E-state index contributed by atoms with van der Waals surface area (Å²) in [7, 11) is 1.62. The molecule has 0 atom stereocenters. The van der Waals surface area contributed by atoms with E-state index in [1.807, 2.05) is 22.6 Å². The lowest BCUT2D eigenvalue weighted by atomic mass is 10.3. The van der Waals surface area contributed by atoms with E-state index < -0.39 is 0 Å².